The minimum absolute atomic E-state index is 0.0885. The van der Waals surface area contributed by atoms with Gasteiger partial charge in [-0.15, -0.1) is 0 Å². The molecule has 1 aromatic rings. The van der Waals surface area contributed by atoms with Crippen molar-refractivity contribution in [3.05, 3.63) is 30.1 Å². The number of amides is 1. The van der Waals surface area contributed by atoms with Gasteiger partial charge in [-0.25, -0.2) is 0 Å². The maximum Gasteiger partial charge on any atom is 0.272 e. The fourth-order valence-corrected chi connectivity index (χ4v) is 2.38. The van der Waals surface area contributed by atoms with Gasteiger partial charge in [0, 0.05) is 18.3 Å². The minimum Gasteiger partial charge on any atom is -0.331 e. The Kier molecular flexibility index (Phi) is 3.22. The van der Waals surface area contributed by atoms with E-state index in [4.69, 9.17) is 0 Å². The van der Waals surface area contributed by atoms with E-state index >= 15 is 0 Å². The van der Waals surface area contributed by atoms with Crippen molar-refractivity contribution < 1.29 is 4.79 Å². The summed E-state index contributed by atoms with van der Waals surface area (Å²) in [5.41, 5.74) is 0.569. The third-order valence-electron chi connectivity index (χ3n) is 3.39. The van der Waals surface area contributed by atoms with Crippen LogP contribution in [0.2, 0.25) is 0 Å². The molecular formula is C13H18N2O. The SMILES string of the molecule is CC[C@@H]1C[C@H](CC)N1C(=O)c1ccccn1. The van der Waals surface area contributed by atoms with Crippen LogP contribution in [0.4, 0.5) is 0 Å². The molecule has 2 rings (SSSR count). The highest BCUT2D eigenvalue weighted by molar-refractivity contribution is 5.93. The summed E-state index contributed by atoms with van der Waals surface area (Å²) in [5, 5.41) is 0. The molecule has 1 aliphatic heterocycles. The van der Waals surface area contributed by atoms with Crippen LogP contribution in [0.3, 0.4) is 0 Å². The van der Waals surface area contributed by atoms with E-state index in [2.05, 4.69) is 18.8 Å². The Morgan fingerprint density at radius 1 is 1.38 bits per heavy atom. The maximum absolute atomic E-state index is 12.2. The van der Waals surface area contributed by atoms with Crippen LogP contribution in [-0.2, 0) is 0 Å². The number of likely N-dealkylation sites (tertiary alicyclic amines) is 1. The fourth-order valence-electron chi connectivity index (χ4n) is 2.38. The molecule has 0 spiro atoms. The Balaban J connectivity index is 2.14. The number of rotatable bonds is 3. The Morgan fingerprint density at radius 2 is 2.06 bits per heavy atom. The first-order valence-corrected chi connectivity index (χ1v) is 6.01. The molecule has 1 aliphatic rings. The van der Waals surface area contributed by atoms with E-state index in [1.54, 1.807) is 12.3 Å². The number of carbonyl (C=O) groups is 1. The van der Waals surface area contributed by atoms with Crippen molar-refractivity contribution >= 4 is 5.91 Å². The lowest BCUT2D eigenvalue weighted by Crippen LogP contribution is -2.58. The summed E-state index contributed by atoms with van der Waals surface area (Å²) in [4.78, 5) is 18.4. The lowest BCUT2D eigenvalue weighted by Gasteiger charge is -2.48. The summed E-state index contributed by atoms with van der Waals surface area (Å²) in [6.45, 7) is 4.27. The third-order valence-corrected chi connectivity index (χ3v) is 3.39. The van der Waals surface area contributed by atoms with E-state index in [1.165, 1.54) is 0 Å². The molecule has 16 heavy (non-hydrogen) atoms. The zero-order valence-electron chi connectivity index (χ0n) is 9.89. The zero-order valence-corrected chi connectivity index (χ0v) is 9.89. The molecule has 1 amide bonds. The topological polar surface area (TPSA) is 33.2 Å². The molecule has 0 unspecified atom stereocenters. The number of aromatic nitrogens is 1. The van der Waals surface area contributed by atoms with Gasteiger partial charge in [0.25, 0.3) is 5.91 Å². The van der Waals surface area contributed by atoms with Gasteiger partial charge in [-0.1, -0.05) is 19.9 Å². The lowest BCUT2D eigenvalue weighted by molar-refractivity contribution is 0.0121. The predicted molar refractivity (Wildman–Crippen MR) is 63.2 cm³/mol. The van der Waals surface area contributed by atoms with E-state index in [9.17, 15) is 4.79 Å². The first-order valence-electron chi connectivity index (χ1n) is 6.01. The van der Waals surface area contributed by atoms with Crippen LogP contribution in [0.1, 0.15) is 43.6 Å². The Bertz CT molecular complexity index is 353. The highest BCUT2D eigenvalue weighted by Gasteiger charge is 2.39. The normalized spacial score (nSPS) is 24.0. The summed E-state index contributed by atoms with van der Waals surface area (Å²) in [6, 6.07) is 6.32. The van der Waals surface area contributed by atoms with Crippen LogP contribution in [-0.4, -0.2) is 27.9 Å². The van der Waals surface area contributed by atoms with Crippen molar-refractivity contribution in [3.63, 3.8) is 0 Å². The van der Waals surface area contributed by atoms with E-state index in [1.807, 2.05) is 17.0 Å². The molecule has 0 radical (unpaired) electrons. The number of nitrogens with zero attached hydrogens (tertiary/aromatic N) is 2. The van der Waals surface area contributed by atoms with E-state index < -0.39 is 0 Å². The standard InChI is InChI=1S/C13H18N2O/c1-3-10-9-11(4-2)15(10)13(16)12-7-5-6-8-14-12/h5-8,10-11H,3-4,9H2,1-2H3/t10-,11+. The van der Waals surface area contributed by atoms with Crippen molar-refractivity contribution in [1.82, 2.24) is 9.88 Å². The largest absolute Gasteiger partial charge is 0.331 e. The summed E-state index contributed by atoms with van der Waals surface area (Å²) >= 11 is 0. The van der Waals surface area contributed by atoms with Crippen molar-refractivity contribution in [2.24, 2.45) is 0 Å². The lowest BCUT2D eigenvalue weighted by atomic mass is 9.88. The second-order valence-corrected chi connectivity index (χ2v) is 4.29. The highest BCUT2D eigenvalue weighted by Crippen LogP contribution is 2.31. The third kappa shape index (κ3) is 1.82. The van der Waals surface area contributed by atoms with E-state index in [-0.39, 0.29) is 5.91 Å². The minimum atomic E-state index is 0.0885. The molecule has 3 nitrogen and oxygen atoms in total. The summed E-state index contributed by atoms with van der Waals surface area (Å²) in [6.07, 6.45) is 4.89. The van der Waals surface area contributed by atoms with Gasteiger partial charge in [-0.05, 0) is 31.4 Å². The molecule has 86 valence electrons. The van der Waals surface area contributed by atoms with Gasteiger partial charge < -0.3 is 4.90 Å². The summed E-state index contributed by atoms with van der Waals surface area (Å²) in [7, 11) is 0. The van der Waals surface area contributed by atoms with Crippen LogP contribution < -0.4 is 0 Å². The Morgan fingerprint density at radius 3 is 2.56 bits per heavy atom. The molecule has 0 aliphatic carbocycles. The monoisotopic (exact) mass is 218 g/mol. The van der Waals surface area contributed by atoms with E-state index in [0.29, 0.717) is 17.8 Å². The first-order chi connectivity index (χ1) is 7.77. The summed E-state index contributed by atoms with van der Waals surface area (Å²) < 4.78 is 0. The predicted octanol–water partition coefficient (Wildman–Crippen LogP) is 2.48. The van der Waals surface area contributed by atoms with Crippen molar-refractivity contribution in [1.29, 1.82) is 0 Å². The highest BCUT2D eigenvalue weighted by atomic mass is 16.2. The molecule has 1 saturated heterocycles. The van der Waals surface area contributed by atoms with Gasteiger partial charge in [-0.2, -0.15) is 0 Å². The first kappa shape index (κ1) is 11.1. The van der Waals surface area contributed by atoms with Crippen molar-refractivity contribution in [2.75, 3.05) is 0 Å². The van der Waals surface area contributed by atoms with Gasteiger partial charge in [0.15, 0.2) is 0 Å². The Hall–Kier alpha value is -1.38. The van der Waals surface area contributed by atoms with E-state index in [0.717, 1.165) is 19.3 Å². The van der Waals surface area contributed by atoms with Crippen LogP contribution >= 0.6 is 0 Å². The van der Waals surface area contributed by atoms with Crippen molar-refractivity contribution in [2.45, 2.75) is 45.2 Å². The average Bonchev–Trinajstić information content (AvgIpc) is 2.30. The van der Waals surface area contributed by atoms with Gasteiger partial charge in [0.2, 0.25) is 0 Å². The second-order valence-electron chi connectivity index (χ2n) is 4.29. The van der Waals surface area contributed by atoms with Crippen LogP contribution in [0.5, 0.6) is 0 Å². The van der Waals surface area contributed by atoms with Crippen LogP contribution in [0.15, 0.2) is 24.4 Å². The van der Waals surface area contributed by atoms with Crippen LogP contribution in [0, 0.1) is 0 Å². The molecule has 1 aromatic heterocycles. The van der Waals surface area contributed by atoms with Gasteiger partial charge in [-0.3, -0.25) is 9.78 Å². The summed E-state index contributed by atoms with van der Waals surface area (Å²) in [5.74, 6) is 0.0885. The fraction of sp³-hybridized carbons (Fsp3) is 0.538. The molecule has 0 aromatic carbocycles. The molecule has 2 heterocycles. The van der Waals surface area contributed by atoms with Crippen molar-refractivity contribution in [3.8, 4) is 0 Å². The maximum atomic E-state index is 12.2. The smallest absolute Gasteiger partial charge is 0.272 e. The number of hydrogen-bond acceptors (Lipinski definition) is 2. The zero-order chi connectivity index (χ0) is 11.5. The molecular weight excluding hydrogens is 200 g/mol. The molecule has 1 fully saturated rings. The molecule has 3 heteroatoms. The van der Waals surface area contributed by atoms with Crippen LogP contribution in [0.25, 0.3) is 0 Å². The molecule has 2 atom stereocenters. The number of hydrogen-bond donors (Lipinski definition) is 0. The quantitative estimate of drug-likeness (QED) is 0.781. The molecule has 0 bridgehead atoms. The number of carbonyl (C=O) groups excluding carboxylic acids is 1. The van der Waals surface area contributed by atoms with Gasteiger partial charge in [0.1, 0.15) is 5.69 Å². The Labute approximate surface area is 96.5 Å². The molecule has 0 saturated carbocycles. The van der Waals surface area contributed by atoms with Gasteiger partial charge in [0.05, 0.1) is 0 Å². The average molecular weight is 218 g/mol. The molecule has 0 N–H and O–H groups in total. The number of pyridine rings is 1. The van der Waals surface area contributed by atoms with Gasteiger partial charge >= 0.3 is 0 Å². The second kappa shape index (κ2) is 4.64.